The van der Waals surface area contributed by atoms with Crippen molar-refractivity contribution in [1.29, 1.82) is 0 Å². The van der Waals surface area contributed by atoms with Crippen LogP contribution in [0.15, 0.2) is 42.6 Å². The van der Waals surface area contributed by atoms with E-state index in [0.717, 1.165) is 5.69 Å². The molecule has 0 aliphatic heterocycles. The molecule has 23 heavy (non-hydrogen) atoms. The van der Waals surface area contributed by atoms with Gasteiger partial charge in [-0.05, 0) is 25.5 Å². The number of anilines is 1. The van der Waals surface area contributed by atoms with Crippen LogP contribution < -0.4 is 9.67 Å². The van der Waals surface area contributed by atoms with Crippen molar-refractivity contribution in [2.24, 2.45) is 0 Å². The summed E-state index contributed by atoms with van der Waals surface area (Å²) in [5, 5.41) is 10.7. The molecule has 1 aromatic heterocycles. The Morgan fingerprint density at radius 3 is 2.22 bits per heavy atom. The number of carbonyl (C=O) groups excluding carboxylic acids is 1. The second kappa shape index (κ2) is 8.64. The van der Waals surface area contributed by atoms with E-state index in [4.69, 9.17) is 9.35 Å². The van der Waals surface area contributed by atoms with Crippen LogP contribution >= 0.6 is 0 Å². The van der Waals surface area contributed by atoms with Crippen molar-refractivity contribution in [3.63, 3.8) is 0 Å². The maximum absolute atomic E-state index is 11.2. The van der Waals surface area contributed by atoms with Crippen molar-refractivity contribution in [2.75, 3.05) is 5.32 Å². The van der Waals surface area contributed by atoms with Gasteiger partial charge in [0.05, 0.1) is 0 Å². The Bertz CT molecular complexity index is 682. The van der Waals surface area contributed by atoms with Crippen molar-refractivity contribution in [1.82, 2.24) is 4.98 Å². The van der Waals surface area contributed by atoms with Crippen molar-refractivity contribution in [3.05, 3.63) is 53.9 Å². The number of nitrogens with zero attached hydrogens (tertiary/aromatic N) is 1. The molecule has 0 aliphatic carbocycles. The van der Waals surface area contributed by atoms with Gasteiger partial charge in [-0.1, -0.05) is 6.07 Å². The molecule has 2 rings (SSSR count). The first-order valence-corrected chi connectivity index (χ1v) is 9.99. The molecule has 0 spiro atoms. The zero-order valence-electron chi connectivity index (χ0n) is 13.1. The molecule has 2 aromatic rings. The molecule has 0 radical (unpaired) electrons. The van der Waals surface area contributed by atoms with Gasteiger partial charge in [0, 0.05) is 11.9 Å². The Labute approximate surface area is 137 Å². The summed E-state index contributed by atoms with van der Waals surface area (Å²) in [6.45, 7) is 5.42. The maximum Gasteiger partial charge on any atom is 0.0401 e. The van der Waals surface area contributed by atoms with E-state index >= 15 is 0 Å². The van der Waals surface area contributed by atoms with Gasteiger partial charge in [-0.2, -0.15) is 0 Å². The number of rotatable bonds is 3. The fourth-order valence-corrected chi connectivity index (χ4v) is 2.85. The predicted molar refractivity (Wildman–Crippen MR) is 86.5 cm³/mol. The van der Waals surface area contributed by atoms with Crippen LogP contribution in [0, 0.1) is 13.8 Å². The molecule has 8 heteroatoms. The minimum absolute atomic E-state index is 0.00438. The molecule has 1 atom stereocenters. The van der Waals surface area contributed by atoms with Crippen molar-refractivity contribution in [2.45, 2.75) is 20.8 Å². The van der Waals surface area contributed by atoms with E-state index in [1.807, 2.05) is 19.2 Å². The minimum atomic E-state index is -4.76. The Kier molecular flexibility index (Phi) is 7.19. The third kappa shape index (κ3) is 6.38. The van der Waals surface area contributed by atoms with E-state index in [0.29, 0.717) is 5.69 Å². The summed E-state index contributed by atoms with van der Waals surface area (Å²) >= 11 is -4.76. The molecule has 1 aromatic carbocycles. The molecule has 124 valence electrons. The normalized spacial score (nSPS) is 12.6. The van der Waals surface area contributed by atoms with E-state index in [9.17, 15) is 8.53 Å². The van der Waals surface area contributed by atoms with Gasteiger partial charge in [-0.25, -0.2) is 0 Å². The smallest absolute Gasteiger partial charge is 0.0401 e. The fourth-order valence-electron chi connectivity index (χ4n) is 1.55. The van der Waals surface area contributed by atoms with E-state index in [-0.39, 0.29) is 10.3 Å². The molecule has 0 saturated carbocycles. The summed E-state index contributed by atoms with van der Waals surface area (Å²) in [5.74, 6) is -0.237. The Hall–Kier alpha value is -1.92. The van der Waals surface area contributed by atoms with Crippen molar-refractivity contribution < 1.29 is 21.8 Å². The third-order valence-corrected chi connectivity index (χ3v) is 5.35. The Balaban J connectivity index is 0.000000277. The predicted octanol–water partition coefficient (Wildman–Crippen LogP) is 1.40. The second-order valence-electron chi connectivity index (χ2n) is 4.74. The van der Waals surface area contributed by atoms with Crippen LogP contribution in [0.25, 0.3) is 0 Å². The number of pyridine rings is 1. The van der Waals surface area contributed by atoms with Crippen LogP contribution in [0.2, 0.25) is 0 Å². The van der Waals surface area contributed by atoms with Gasteiger partial charge in [-0.3, -0.25) is 4.98 Å². The summed E-state index contributed by atoms with van der Waals surface area (Å²) in [4.78, 5) is 14.8. The maximum atomic E-state index is 11.2. The molecule has 0 bridgehead atoms. The van der Waals surface area contributed by atoms with Crippen LogP contribution in [-0.2, 0) is 12.4 Å². The molecule has 0 saturated heterocycles. The van der Waals surface area contributed by atoms with Crippen LogP contribution in [0.4, 0.5) is 5.69 Å². The number of carbonyl (C=O) groups is 1. The quantitative estimate of drug-likeness (QED) is 0.421. The van der Waals surface area contributed by atoms with E-state index in [1.54, 1.807) is 0 Å². The first-order chi connectivity index (χ1) is 10.8. The SMILES string of the molecule is CC(=O)Nc1ccc([As](=O)(O)OO)cc1.Cc1cccnc1C. The van der Waals surface area contributed by atoms with Gasteiger partial charge < -0.3 is 0 Å². The number of hydrogen-bond acceptors (Lipinski definition) is 5. The Morgan fingerprint density at radius 2 is 1.83 bits per heavy atom. The van der Waals surface area contributed by atoms with Gasteiger partial charge in [0.2, 0.25) is 0 Å². The van der Waals surface area contributed by atoms with Gasteiger partial charge in [0.15, 0.2) is 0 Å². The molecule has 0 fully saturated rings. The number of hydrogen-bond donors (Lipinski definition) is 3. The largest absolute Gasteiger partial charge is 0.261 e. The van der Waals surface area contributed by atoms with Crippen molar-refractivity contribution in [3.8, 4) is 0 Å². The van der Waals surface area contributed by atoms with E-state index < -0.39 is 14.2 Å². The number of aromatic nitrogens is 1. The topological polar surface area (TPSA) is 109 Å². The van der Waals surface area contributed by atoms with E-state index in [2.05, 4.69) is 27.2 Å². The average Bonchev–Trinajstić information content (AvgIpc) is 2.51. The number of amides is 1. The summed E-state index contributed by atoms with van der Waals surface area (Å²) < 4.78 is 23.8. The van der Waals surface area contributed by atoms with Crippen molar-refractivity contribution >= 4 is 30.1 Å². The molecule has 3 N–H and O–H groups in total. The number of benzene rings is 1. The molecule has 1 unspecified atom stereocenters. The number of aryl methyl sites for hydroxylation is 2. The average molecular weight is 382 g/mol. The number of nitrogens with one attached hydrogen (secondary N) is 1. The van der Waals surface area contributed by atoms with E-state index in [1.165, 1.54) is 36.8 Å². The summed E-state index contributed by atoms with van der Waals surface area (Å²) in [6, 6.07) is 9.51. The Morgan fingerprint density at radius 1 is 1.22 bits per heavy atom. The van der Waals surface area contributed by atoms with Crippen LogP contribution in [-0.4, -0.2) is 34.4 Å². The zero-order valence-corrected chi connectivity index (χ0v) is 14.9. The van der Waals surface area contributed by atoms with Crippen LogP contribution in [0.1, 0.15) is 18.2 Å². The van der Waals surface area contributed by atoms with Gasteiger partial charge in [-0.15, -0.1) is 0 Å². The van der Waals surface area contributed by atoms with Gasteiger partial charge in [0.25, 0.3) is 0 Å². The second-order valence-corrected chi connectivity index (χ2v) is 8.35. The fraction of sp³-hybridized carbons (Fsp3) is 0.200. The summed E-state index contributed by atoms with van der Waals surface area (Å²) in [6.07, 6.45) is 1.81. The molecular formula is C15H19AsN2O5. The first-order valence-electron chi connectivity index (χ1n) is 6.68. The standard InChI is InChI=1S/C8H10AsNO5.C7H9N/c1-6(11)10-8-4-2-7(3-5-8)9(12,13)15-14;1-6-4-3-5-8-7(6)2/h2-5,14H,1H3,(H,10,11)(H,12,13);3-5H,1-2H3. The molecule has 1 amide bonds. The summed E-state index contributed by atoms with van der Waals surface area (Å²) in [5.41, 5.74) is 2.87. The molecular weight excluding hydrogens is 363 g/mol. The molecule has 1 heterocycles. The monoisotopic (exact) mass is 382 g/mol. The van der Waals surface area contributed by atoms with Gasteiger partial charge in [0.1, 0.15) is 0 Å². The van der Waals surface area contributed by atoms with Crippen LogP contribution in [0.5, 0.6) is 0 Å². The third-order valence-electron chi connectivity index (χ3n) is 2.90. The molecule has 7 nitrogen and oxygen atoms in total. The zero-order chi connectivity index (χ0) is 17.5. The summed E-state index contributed by atoms with van der Waals surface area (Å²) in [7, 11) is 0. The van der Waals surface area contributed by atoms with Crippen LogP contribution in [0.3, 0.4) is 0 Å². The van der Waals surface area contributed by atoms with Gasteiger partial charge >= 0.3 is 88.4 Å². The first kappa shape index (κ1) is 19.1. The molecule has 0 aliphatic rings. The minimum Gasteiger partial charge on any atom is -0.261 e.